The molecule has 2 aromatic carbocycles. The Morgan fingerprint density at radius 1 is 1.00 bits per heavy atom. The van der Waals surface area contributed by atoms with Crippen molar-refractivity contribution >= 4 is 16.9 Å². The molecule has 0 saturated carbocycles. The summed E-state index contributed by atoms with van der Waals surface area (Å²) in [5, 5.41) is 4.60. The molecule has 170 valence electrons. The molecule has 1 aliphatic rings. The molecule has 0 spiro atoms. The molecule has 7 nitrogen and oxygen atoms in total. The number of rotatable bonds is 8. The zero-order valence-electron chi connectivity index (χ0n) is 18.9. The van der Waals surface area contributed by atoms with Crippen LogP contribution in [0.1, 0.15) is 6.92 Å². The maximum absolute atomic E-state index is 5.62. The first-order valence-corrected chi connectivity index (χ1v) is 11.5. The predicted octanol–water partition coefficient (Wildman–Crippen LogP) is 4.23. The Labute approximate surface area is 194 Å². The van der Waals surface area contributed by atoms with E-state index in [1.165, 1.54) is 0 Å². The Hall–Kier alpha value is -3.42. The highest BCUT2D eigenvalue weighted by Gasteiger charge is 2.18. The van der Waals surface area contributed by atoms with Crippen molar-refractivity contribution in [3.05, 3.63) is 67.1 Å². The van der Waals surface area contributed by atoms with Gasteiger partial charge in [-0.05, 0) is 36.8 Å². The maximum atomic E-state index is 5.62. The Bertz CT molecular complexity index is 1180. The van der Waals surface area contributed by atoms with Gasteiger partial charge in [0.1, 0.15) is 17.9 Å². The molecule has 1 N–H and O–H groups in total. The Morgan fingerprint density at radius 2 is 1.79 bits per heavy atom. The normalized spacial score (nSPS) is 14.5. The van der Waals surface area contributed by atoms with Crippen molar-refractivity contribution in [2.24, 2.45) is 0 Å². The van der Waals surface area contributed by atoms with Crippen molar-refractivity contribution in [2.45, 2.75) is 6.92 Å². The van der Waals surface area contributed by atoms with Gasteiger partial charge in [0.05, 0.1) is 25.2 Å². The second-order valence-electron chi connectivity index (χ2n) is 8.01. The molecule has 0 atom stereocenters. The van der Waals surface area contributed by atoms with Crippen LogP contribution in [0, 0.1) is 0 Å². The number of morpholine rings is 1. The monoisotopic (exact) mass is 443 g/mol. The van der Waals surface area contributed by atoms with Crippen LogP contribution in [0.25, 0.3) is 27.8 Å². The van der Waals surface area contributed by atoms with Crippen LogP contribution in [0.15, 0.2) is 67.1 Å². The first-order chi connectivity index (χ1) is 16.3. The summed E-state index contributed by atoms with van der Waals surface area (Å²) in [5.74, 6) is 1.72. The molecular formula is C26H29N5O2. The smallest absolute Gasteiger partial charge is 0.150 e. The third kappa shape index (κ3) is 4.69. The van der Waals surface area contributed by atoms with Gasteiger partial charge in [-0.3, -0.25) is 4.90 Å². The van der Waals surface area contributed by atoms with Gasteiger partial charge in [0.2, 0.25) is 0 Å². The molecule has 0 aliphatic carbocycles. The number of aromatic nitrogens is 3. The minimum atomic E-state index is 0.649. The van der Waals surface area contributed by atoms with E-state index < -0.39 is 0 Å². The number of nitrogens with zero attached hydrogens (tertiary/aromatic N) is 4. The van der Waals surface area contributed by atoms with Crippen LogP contribution in [-0.4, -0.2) is 65.4 Å². The highest BCUT2D eigenvalue weighted by molar-refractivity contribution is 6.02. The minimum absolute atomic E-state index is 0.649. The lowest BCUT2D eigenvalue weighted by molar-refractivity contribution is 0.0398. The lowest BCUT2D eigenvalue weighted by Gasteiger charge is -2.26. The molecule has 0 radical (unpaired) electrons. The van der Waals surface area contributed by atoms with E-state index in [4.69, 9.17) is 9.47 Å². The SMILES string of the molecule is CCOc1ccc(-n2cc(-c3ccccc3)c3c(NCCN4CCOCC4)ncnc32)cc1. The van der Waals surface area contributed by atoms with Crippen LogP contribution >= 0.6 is 0 Å². The molecule has 3 heterocycles. The fraction of sp³-hybridized carbons (Fsp3) is 0.308. The van der Waals surface area contributed by atoms with Crippen molar-refractivity contribution in [3.8, 4) is 22.6 Å². The molecule has 7 heteroatoms. The number of nitrogens with one attached hydrogen (secondary N) is 1. The average molecular weight is 444 g/mol. The summed E-state index contributed by atoms with van der Waals surface area (Å²) in [6, 6.07) is 18.5. The van der Waals surface area contributed by atoms with Crippen molar-refractivity contribution in [2.75, 3.05) is 51.3 Å². The van der Waals surface area contributed by atoms with Crippen LogP contribution in [0.5, 0.6) is 5.75 Å². The van der Waals surface area contributed by atoms with Crippen LogP contribution in [0.3, 0.4) is 0 Å². The van der Waals surface area contributed by atoms with Crippen molar-refractivity contribution in [1.82, 2.24) is 19.4 Å². The fourth-order valence-electron chi connectivity index (χ4n) is 4.26. The summed E-state index contributed by atoms with van der Waals surface area (Å²) in [7, 11) is 0. The molecule has 1 aliphatic heterocycles. The molecule has 0 amide bonds. The van der Waals surface area contributed by atoms with Crippen molar-refractivity contribution in [1.29, 1.82) is 0 Å². The van der Waals surface area contributed by atoms with E-state index in [-0.39, 0.29) is 0 Å². The number of hydrogen-bond acceptors (Lipinski definition) is 6. The summed E-state index contributed by atoms with van der Waals surface area (Å²) < 4.78 is 13.2. The van der Waals surface area contributed by atoms with Crippen molar-refractivity contribution in [3.63, 3.8) is 0 Å². The van der Waals surface area contributed by atoms with Crippen LogP contribution in [0.4, 0.5) is 5.82 Å². The fourth-order valence-corrected chi connectivity index (χ4v) is 4.26. The van der Waals surface area contributed by atoms with Gasteiger partial charge in [0.25, 0.3) is 0 Å². The van der Waals surface area contributed by atoms with Crippen LogP contribution in [0.2, 0.25) is 0 Å². The van der Waals surface area contributed by atoms with Gasteiger partial charge in [-0.15, -0.1) is 0 Å². The van der Waals surface area contributed by atoms with E-state index in [0.29, 0.717) is 6.61 Å². The topological polar surface area (TPSA) is 64.4 Å². The summed E-state index contributed by atoms with van der Waals surface area (Å²) in [6.45, 7) is 7.97. The van der Waals surface area contributed by atoms with Gasteiger partial charge in [-0.2, -0.15) is 0 Å². The number of hydrogen-bond donors (Lipinski definition) is 1. The van der Waals surface area contributed by atoms with Gasteiger partial charge < -0.3 is 19.4 Å². The zero-order valence-corrected chi connectivity index (χ0v) is 18.9. The summed E-state index contributed by atoms with van der Waals surface area (Å²) in [5.41, 5.74) is 4.15. The highest BCUT2D eigenvalue weighted by atomic mass is 16.5. The van der Waals surface area contributed by atoms with E-state index in [1.54, 1.807) is 6.33 Å². The third-order valence-corrected chi connectivity index (χ3v) is 5.92. The maximum Gasteiger partial charge on any atom is 0.150 e. The van der Waals surface area contributed by atoms with Crippen molar-refractivity contribution < 1.29 is 9.47 Å². The molecule has 5 rings (SSSR count). The van der Waals surface area contributed by atoms with Gasteiger partial charge in [-0.25, -0.2) is 9.97 Å². The number of anilines is 1. The summed E-state index contributed by atoms with van der Waals surface area (Å²) in [6.07, 6.45) is 3.79. The second-order valence-corrected chi connectivity index (χ2v) is 8.01. The lowest BCUT2D eigenvalue weighted by atomic mass is 10.1. The second kappa shape index (κ2) is 10.0. The van der Waals surface area contributed by atoms with E-state index in [9.17, 15) is 0 Å². The molecule has 1 saturated heterocycles. The molecular weight excluding hydrogens is 414 g/mol. The molecule has 0 bridgehead atoms. The standard InChI is InChI=1S/C26H29N5O2/c1-2-33-22-10-8-21(9-11-22)31-18-23(20-6-4-3-5-7-20)24-25(28-19-29-26(24)31)27-12-13-30-14-16-32-17-15-30/h3-11,18-19H,2,12-17H2,1H3,(H,27,28,29). The van der Waals surface area contributed by atoms with E-state index in [0.717, 1.165) is 78.8 Å². The number of fused-ring (bicyclic) bond motifs is 1. The quantitative estimate of drug-likeness (QED) is 0.440. The molecule has 2 aromatic heterocycles. The van der Waals surface area contributed by atoms with Gasteiger partial charge >= 0.3 is 0 Å². The van der Waals surface area contributed by atoms with Crippen LogP contribution < -0.4 is 10.1 Å². The van der Waals surface area contributed by atoms with E-state index in [1.807, 2.05) is 25.1 Å². The first-order valence-electron chi connectivity index (χ1n) is 11.5. The van der Waals surface area contributed by atoms with Gasteiger partial charge in [0, 0.05) is 43.6 Å². The predicted molar refractivity (Wildman–Crippen MR) is 131 cm³/mol. The van der Waals surface area contributed by atoms with E-state index in [2.05, 4.69) is 67.3 Å². The lowest BCUT2D eigenvalue weighted by Crippen LogP contribution is -2.39. The molecule has 33 heavy (non-hydrogen) atoms. The summed E-state index contributed by atoms with van der Waals surface area (Å²) >= 11 is 0. The molecule has 4 aromatic rings. The molecule has 0 unspecified atom stereocenters. The van der Waals surface area contributed by atoms with Gasteiger partial charge in [-0.1, -0.05) is 30.3 Å². The summed E-state index contributed by atoms with van der Waals surface area (Å²) in [4.78, 5) is 11.7. The average Bonchev–Trinajstić information content (AvgIpc) is 3.27. The van der Waals surface area contributed by atoms with Gasteiger partial charge in [0.15, 0.2) is 5.65 Å². The highest BCUT2D eigenvalue weighted by Crippen LogP contribution is 2.35. The largest absolute Gasteiger partial charge is 0.494 e. The zero-order chi connectivity index (χ0) is 22.5. The minimum Gasteiger partial charge on any atom is -0.494 e. The molecule has 1 fully saturated rings. The number of benzene rings is 2. The third-order valence-electron chi connectivity index (χ3n) is 5.92. The van der Waals surface area contributed by atoms with E-state index >= 15 is 0 Å². The first kappa shape index (κ1) is 21.4. The Balaban J connectivity index is 1.51. The number of ether oxygens (including phenoxy) is 2. The Kier molecular flexibility index (Phi) is 6.51. The van der Waals surface area contributed by atoms with Crippen LogP contribution in [-0.2, 0) is 4.74 Å². The Morgan fingerprint density at radius 3 is 2.55 bits per heavy atom.